The highest BCUT2D eigenvalue weighted by Crippen LogP contribution is 2.22. The van der Waals surface area contributed by atoms with E-state index in [4.69, 9.17) is 0 Å². The average Bonchev–Trinajstić information content (AvgIpc) is 2.81. The maximum Gasteiger partial charge on any atom is 0.238 e. The number of aromatic nitrogens is 2. The molecule has 0 atom stereocenters. The fourth-order valence-electron chi connectivity index (χ4n) is 2.47. The summed E-state index contributed by atoms with van der Waals surface area (Å²) in [6.45, 7) is 10.1. The summed E-state index contributed by atoms with van der Waals surface area (Å²) in [7, 11) is 0. The molecule has 0 saturated heterocycles. The summed E-state index contributed by atoms with van der Waals surface area (Å²) in [6, 6.07) is 9.93. The molecule has 1 heterocycles. The first-order valence-electron chi connectivity index (χ1n) is 7.70. The van der Waals surface area contributed by atoms with Crippen LogP contribution in [0.3, 0.4) is 0 Å². The number of nitrogens with zero attached hydrogens (tertiary/aromatic N) is 3. The summed E-state index contributed by atoms with van der Waals surface area (Å²) in [4.78, 5) is 14.3. The Balaban J connectivity index is 0.00000264. The lowest BCUT2D eigenvalue weighted by Gasteiger charge is -2.17. The van der Waals surface area contributed by atoms with Crippen molar-refractivity contribution in [2.75, 3.05) is 25.0 Å². The quantitative estimate of drug-likeness (QED) is 0.881. The van der Waals surface area contributed by atoms with Crippen molar-refractivity contribution in [3.05, 3.63) is 41.7 Å². The third-order valence-corrected chi connectivity index (χ3v) is 3.82. The van der Waals surface area contributed by atoms with E-state index in [0.29, 0.717) is 6.54 Å². The maximum absolute atomic E-state index is 12.2. The van der Waals surface area contributed by atoms with Gasteiger partial charge in [-0.05, 0) is 39.1 Å². The molecule has 0 aliphatic heterocycles. The van der Waals surface area contributed by atoms with E-state index in [0.717, 1.165) is 35.9 Å². The third-order valence-electron chi connectivity index (χ3n) is 3.82. The molecule has 1 amide bonds. The molecule has 5 nitrogen and oxygen atoms in total. The molecule has 1 aromatic heterocycles. The van der Waals surface area contributed by atoms with Crippen LogP contribution < -0.4 is 5.32 Å². The second kappa shape index (κ2) is 8.70. The van der Waals surface area contributed by atoms with Crippen molar-refractivity contribution in [3.63, 3.8) is 0 Å². The molecule has 0 aliphatic carbocycles. The number of halogens is 1. The van der Waals surface area contributed by atoms with Gasteiger partial charge in [-0.2, -0.15) is 5.10 Å². The Morgan fingerprint density at radius 2 is 1.78 bits per heavy atom. The number of amides is 1. The molecule has 1 N–H and O–H groups in total. The Morgan fingerprint density at radius 1 is 1.17 bits per heavy atom. The Bertz CT molecular complexity index is 636. The topological polar surface area (TPSA) is 50.2 Å². The predicted molar refractivity (Wildman–Crippen MR) is 96.7 cm³/mol. The number of nitrogens with one attached hydrogen (secondary N) is 1. The summed E-state index contributed by atoms with van der Waals surface area (Å²) < 4.78 is 1.86. The van der Waals surface area contributed by atoms with Gasteiger partial charge in [0.05, 0.1) is 29.3 Å². The van der Waals surface area contributed by atoms with E-state index in [9.17, 15) is 4.79 Å². The van der Waals surface area contributed by atoms with Crippen LogP contribution in [-0.2, 0) is 4.79 Å². The number of carbonyl (C=O) groups is 1. The smallest absolute Gasteiger partial charge is 0.238 e. The standard InChI is InChI=1S/C17H24N4O.ClH/c1-5-20(6-2)12-16(22)18-17-13(3)19-21(14(17)4)15-10-8-7-9-11-15;/h7-11H,5-6,12H2,1-4H3,(H,18,22);1H. The lowest BCUT2D eigenvalue weighted by atomic mass is 10.3. The Hall–Kier alpha value is -1.85. The molecule has 6 heteroatoms. The van der Waals surface area contributed by atoms with Gasteiger partial charge >= 0.3 is 0 Å². The van der Waals surface area contributed by atoms with Gasteiger partial charge in [-0.1, -0.05) is 32.0 Å². The Labute approximate surface area is 144 Å². The molecular weight excluding hydrogens is 312 g/mol. The van der Waals surface area contributed by atoms with Crippen LogP contribution in [-0.4, -0.2) is 40.2 Å². The summed E-state index contributed by atoms with van der Waals surface area (Å²) in [5.41, 5.74) is 3.57. The number of para-hydroxylation sites is 1. The van der Waals surface area contributed by atoms with E-state index < -0.39 is 0 Å². The van der Waals surface area contributed by atoms with Crippen LogP contribution in [0, 0.1) is 13.8 Å². The summed E-state index contributed by atoms with van der Waals surface area (Å²) in [5.74, 6) is 0.00233. The number of anilines is 1. The maximum atomic E-state index is 12.2. The SMILES string of the molecule is CCN(CC)CC(=O)Nc1c(C)nn(-c2ccccc2)c1C.Cl. The van der Waals surface area contributed by atoms with Gasteiger partial charge in [-0.15, -0.1) is 12.4 Å². The summed E-state index contributed by atoms with van der Waals surface area (Å²) in [5, 5.41) is 7.55. The lowest BCUT2D eigenvalue weighted by Crippen LogP contribution is -2.33. The van der Waals surface area contributed by atoms with Crippen molar-refractivity contribution in [2.24, 2.45) is 0 Å². The number of hydrogen-bond acceptors (Lipinski definition) is 3. The van der Waals surface area contributed by atoms with Crippen LogP contribution in [0.2, 0.25) is 0 Å². The van der Waals surface area contributed by atoms with Crippen LogP contribution in [0.25, 0.3) is 5.69 Å². The number of benzene rings is 1. The number of hydrogen-bond donors (Lipinski definition) is 1. The van der Waals surface area contributed by atoms with Crippen molar-refractivity contribution < 1.29 is 4.79 Å². The van der Waals surface area contributed by atoms with Crippen LogP contribution in [0.1, 0.15) is 25.2 Å². The van der Waals surface area contributed by atoms with E-state index in [1.165, 1.54) is 0 Å². The minimum Gasteiger partial charge on any atom is -0.322 e. The fourth-order valence-corrected chi connectivity index (χ4v) is 2.47. The second-order valence-corrected chi connectivity index (χ2v) is 5.30. The zero-order valence-corrected chi connectivity index (χ0v) is 15.0. The highest BCUT2D eigenvalue weighted by Gasteiger charge is 2.16. The highest BCUT2D eigenvalue weighted by atomic mass is 35.5. The third kappa shape index (κ3) is 4.56. The zero-order valence-electron chi connectivity index (χ0n) is 14.2. The van der Waals surface area contributed by atoms with Crippen molar-refractivity contribution in [1.29, 1.82) is 0 Å². The van der Waals surface area contributed by atoms with Crippen molar-refractivity contribution in [3.8, 4) is 5.69 Å². The first-order chi connectivity index (χ1) is 10.6. The zero-order chi connectivity index (χ0) is 16.1. The first kappa shape index (κ1) is 19.2. The van der Waals surface area contributed by atoms with Gasteiger partial charge in [0.1, 0.15) is 0 Å². The molecule has 0 unspecified atom stereocenters. The Kier molecular flexibility index (Phi) is 7.26. The molecule has 2 rings (SSSR count). The van der Waals surface area contributed by atoms with E-state index >= 15 is 0 Å². The average molecular weight is 337 g/mol. The normalized spacial score (nSPS) is 10.5. The number of likely N-dealkylation sites (N-methyl/N-ethyl adjacent to an activating group) is 1. The molecule has 126 valence electrons. The molecule has 2 aromatic rings. The largest absolute Gasteiger partial charge is 0.322 e. The summed E-state index contributed by atoms with van der Waals surface area (Å²) >= 11 is 0. The van der Waals surface area contributed by atoms with E-state index in [2.05, 4.69) is 29.2 Å². The van der Waals surface area contributed by atoms with Crippen molar-refractivity contribution in [2.45, 2.75) is 27.7 Å². The Morgan fingerprint density at radius 3 is 2.35 bits per heavy atom. The first-order valence-corrected chi connectivity index (χ1v) is 7.70. The highest BCUT2D eigenvalue weighted by molar-refractivity contribution is 5.93. The monoisotopic (exact) mass is 336 g/mol. The number of carbonyl (C=O) groups excluding carboxylic acids is 1. The van der Waals surface area contributed by atoms with Crippen LogP contribution in [0.4, 0.5) is 5.69 Å². The molecule has 0 aliphatic rings. The van der Waals surface area contributed by atoms with E-state index in [1.807, 2.05) is 48.9 Å². The molecule has 23 heavy (non-hydrogen) atoms. The van der Waals surface area contributed by atoms with E-state index in [1.54, 1.807) is 0 Å². The van der Waals surface area contributed by atoms with Gasteiger partial charge in [-0.25, -0.2) is 4.68 Å². The lowest BCUT2D eigenvalue weighted by molar-refractivity contribution is -0.117. The van der Waals surface area contributed by atoms with Crippen LogP contribution >= 0.6 is 12.4 Å². The van der Waals surface area contributed by atoms with Crippen molar-refractivity contribution in [1.82, 2.24) is 14.7 Å². The number of aryl methyl sites for hydroxylation is 1. The summed E-state index contributed by atoms with van der Waals surface area (Å²) in [6.07, 6.45) is 0. The molecule has 1 aromatic carbocycles. The van der Waals surface area contributed by atoms with Crippen LogP contribution in [0.5, 0.6) is 0 Å². The molecule has 0 saturated carbocycles. The number of rotatable bonds is 6. The van der Waals surface area contributed by atoms with Gasteiger partial charge in [0.15, 0.2) is 0 Å². The molecule has 0 radical (unpaired) electrons. The molecular formula is C17H25ClN4O. The minimum atomic E-state index is 0. The van der Waals surface area contributed by atoms with Gasteiger partial charge in [0.2, 0.25) is 5.91 Å². The second-order valence-electron chi connectivity index (χ2n) is 5.30. The van der Waals surface area contributed by atoms with Crippen LogP contribution in [0.15, 0.2) is 30.3 Å². The van der Waals surface area contributed by atoms with Gasteiger partial charge in [0.25, 0.3) is 0 Å². The van der Waals surface area contributed by atoms with Gasteiger partial charge in [0, 0.05) is 0 Å². The van der Waals surface area contributed by atoms with E-state index in [-0.39, 0.29) is 18.3 Å². The van der Waals surface area contributed by atoms with Gasteiger partial charge in [-0.3, -0.25) is 9.69 Å². The minimum absolute atomic E-state index is 0. The fraction of sp³-hybridized carbons (Fsp3) is 0.412. The predicted octanol–water partition coefficient (Wildman–Crippen LogP) is 3.19. The molecule has 0 bridgehead atoms. The molecule has 0 fully saturated rings. The molecule has 0 spiro atoms. The van der Waals surface area contributed by atoms with Crippen molar-refractivity contribution >= 4 is 24.0 Å². The van der Waals surface area contributed by atoms with Gasteiger partial charge < -0.3 is 5.32 Å².